The van der Waals surface area contributed by atoms with Crippen molar-refractivity contribution in [2.45, 2.75) is 0 Å². The highest BCUT2D eigenvalue weighted by Gasteiger charge is 2.04. The summed E-state index contributed by atoms with van der Waals surface area (Å²) in [5, 5.41) is 3.21. The van der Waals surface area contributed by atoms with Crippen molar-refractivity contribution in [3.8, 4) is 5.75 Å². The molecule has 0 heterocycles. The Kier molecular flexibility index (Phi) is 4.12. The number of nitrogens with two attached hydrogens (primary N) is 1. The Morgan fingerprint density at radius 3 is 2.53 bits per heavy atom. The highest BCUT2D eigenvalue weighted by molar-refractivity contribution is 9.10. The van der Waals surface area contributed by atoms with E-state index in [1.54, 1.807) is 7.11 Å². The van der Waals surface area contributed by atoms with Crippen LogP contribution in [0.3, 0.4) is 0 Å². The second kappa shape index (κ2) is 5.80. The van der Waals surface area contributed by atoms with Gasteiger partial charge in [-0.05, 0) is 48.0 Å². The lowest BCUT2D eigenvalue weighted by Crippen LogP contribution is -2.00. The number of methoxy groups -OCH3 is 1. The van der Waals surface area contributed by atoms with E-state index >= 15 is 0 Å². The molecule has 3 nitrogen and oxygen atoms in total. The van der Waals surface area contributed by atoms with Crippen LogP contribution in [0.2, 0.25) is 0 Å². The summed E-state index contributed by atoms with van der Waals surface area (Å²) in [4.78, 5) is 0. The van der Waals surface area contributed by atoms with Gasteiger partial charge in [-0.25, -0.2) is 0 Å². The Balaban J connectivity index is 2.18. The van der Waals surface area contributed by atoms with Gasteiger partial charge in [-0.3, -0.25) is 0 Å². The molecule has 2 rings (SSSR count). The maximum absolute atomic E-state index is 5.92. The number of hydrogen-bond acceptors (Lipinski definition) is 3. The van der Waals surface area contributed by atoms with Gasteiger partial charge in [-0.1, -0.05) is 22.5 Å². The number of anilines is 2. The molecule has 2 aromatic rings. The molecule has 2 aromatic carbocycles. The standard InChI is InChI=1S/C15H15BrN2O/c1-10(11-3-6-13(19-2)7-4-11)18-15-9-12(16)5-8-14(15)17/h3-9,18H,1,17H2,2H3. The average molecular weight is 319 g/mol. The summed E-state index contributed by atoms with van der Waals surface area (Å²) in [5.74, 6) is 0.818. The van der Waals surface area contributed by atoms with Gasteiger partial charge in [0.15, 0.2) is 0 Å². The van der Waals surface area contributed by atoms with Crippen molar-refractivity contribution in [1.29, 1.82) is 0 Å². The monoisotopic (exact) mass is 318 g/mol. The van der Waals surface area contributed by atoms with E-state index < -0.39 is 0 Å². The van der Waals surface area contributed by atoms with Crippen LogP contribution in [0.4, 0.5) is 11.4 Å². The van der Waals surface area contributed by atoms with Crippen molar-refractivity contribution in [1.82, 2.24) is 0 Å². The normalized spacial score (nSPS) is 10.0. The summed E-state index contributed by atoms with van der Waals surface area (Å²) in [7, 11) is 1.64. The Hall–Kier alpha value is -1.94. The van der Waals surface area contributed by atoms with Gasteiger partial charge in [-0.2, -0.15) is 0 Å². The molecule has 4 heteroatoms. The maximum atomic E-state index is 5.92. The van der Waals surface area contributed by atoms with Crippen molar-refractivity contribution in [2.75, 3.05) is 18.2 Å². The lowest BCUT2D eigenvalue weighted by atomic mass is 10.1. The summed E-state index contributed by atoms with van der Waals surface area (Å²) in [6.45, 7) is 4.02. The van der Waals surface area contributed by atoms with E-state index in [0.29, 0.717) is 5.69 Å². The van der Waals surface area contributed by atoms with Crippen molar-refractivity contribution in [3.63, 3.8) is 0 Å². The van der Waals surface area contributed by atoms with Crippen LogP contribution >= 0.6 is 15.9 Å². The fourth-order valence-electron chi connectivity index (χ4n) is 1.66. The van der Waals surface area contributed by atoms with Gasteiger partial charge in [0.1, 0.15) is 5.75 Å². The van der Waals surface area contributed by atoms with Crippen LogP contribution in [0.5, 0.6) is 5.75 Å². The molecule has 0 spiro atoms. The van der Waals surface area contributed by atoms with E-state index in [9.17, 15) is 0 Å². The van der Waals surface area contributed by atoms with E-state index in [2.05, 4.69) is 27.8 Å². The molecular weight excluding hydrogens is 304 g/mol. The largest absolute Gasteiger partial charge is 0.497 e. The lowest BCUT2D eigenvalue weighted by molar-refractivity contribution is 0.415. The molecule has 0 unspecified atom stereocenters. The van der Waals surface area contributed by atoms with Gasteiger partial charge >= 0.3 is 0 Å². The van der Waals surface area contributed by atoms with E-state index in [1.807, 2.05) is 42.5 Å². The van der Waals surface area contributed by atoms with E-state index in [-0.39, 0.29) is 0 Å². The van der Waals surface area contributed by atoms with Gasteiger partial charge in [-0.15, -0.1) is 0 Å². The van der Waals surface area contributed by atoms with Gasteiger partial charge in [0.2, 0.25) is 0 Å². The number of benzene rings is 2. The quantitative estimate of drug-likeness (QED) is 0.833. The number of nitrogens with one attached hydrogen (secondary N) is 1. The lowest BCUT2D eigenvalue weighted by Gasteiger charge is -2.12. The molecule has 3 N–H and O–H groups in total. The number of nitrogen functional groups attached to an aromatic ring is 1. The number of rotatable bonds is 4. The van der Waals surface area contributed by atoms with E-state index in [4.69, 9.17) is 10.5 Å². The zero-order valence-corrected chi connectivity index (χ0v) is 12.2. The predicted octanol–water partition coefficient (Wildman–Crippen LogP) is 4.12. The van der Waals surface area contributed by atoms with Crippen LogP contribution in [0.1, 0.15) is 5.56 Å². The summed E-state index contributed by atoms with van der Waals surface area (Å²) in [5.41, 5.74) is 9.20. The Labute approximate surface area is 121 Å². The zero-order chi connectivity index (χ0) is 13.8. The summed E-state index contributed by atoms with van der Waals surface area (Å²) >= 11 is 3.42. The van der Waals surface area contributed by atoms with E-state index in [0.717, 1.165) is 27.2 Å². The van der Waals surface area contributed by atoms with Gasteiger partial charge in [0.05, 0.1) is 18.5 Å². The van der Waals surface area contributed by atoms with Crippen LogP contribution in [0, 0.1) is 0 Å². The first-order valence-corrected chi connectivity index (χ1v) is 6.55. The van der Waals surface area contributed by atoms with Crippen molar-refractivity contribution >= 4 is 33.0 Å². The molecule has 19 heavy (non-hydrogen) atoms. The Morgan fingerprint density at radius 1 is 1.21 bits per heavy atom. The molecule has 0 fully saturated rings. The highest BCUT2D eigenvalue weighted by Crippen LogP contribution is 2.27. The second-order valence-corrected chi connectivity index (χ2v) is 4.98. The fourth-order valence-corrected chi connectivity index (χ4v) is 2.02. The average Bonchev–Trinajstić information content (AvgIpc) is 2.43. The minimum Gasteiger partial charge on any atom is -0.497 e. The van der Waals surface area contributed by atoms with Crippen molar-refractivity contribution < 1.29 is 4.74 Å². The van der Waals surface area contributed by atoms with Crippen molar-refractivity contribution in [3.05, 3.63) is 59.1 Å². The second-order valence-electron chi connectivity index (χ2n) is 4.06. The van der Waals surface area contributed by atoms with Gasteiger partial charge in [0, 0.05) is 10.2 Å². The van der Waals surface area contributed by atoms with Crippen LogP contribution < -0.4 is 15.8 Å². The summed E-state index contributed by atoms with van der Waals surface area (Å²) in [6, 6.07) is 13.3. The molecule has 0 saturated heterocycles. The molecule has 0 bridgehead atoms. The third-order valence-corrected chi connectivity index (χ3v) is 3.23. The SMILES string of the molecule is C=C(Nc1cc(Br)ccc1N)c1ccc(OC)cc1. The number of ether oxygens (including phenoxy) is 1. The summed E-state index contributed by atoms with van der Waals surface area (Å²) < 4.78 is 6.09. The third-order valence-electron chi connectivity index (χ3n) is 2.74. The van der Waals surface area contributed by atoms with Crippen LogP contribution in [0.25, 0.3) is 5.70 Å². The molecule has 0 radical (unpaired) electrons. The molecule has 0 amide bonds. The first-order chi connectivity index (χ1) is 9.10. The molecule has 98 valence electrons. The minimum atomic E-state index is 0.679. The number of hydrogen-bond donors (Lipinski definition) is 2. The zero-order valence-electron chi connectivity index (χ0n) is 10.6. The molecule has 0 atom stereocenters. The molecular formula is C15H15BrN2O. The molecule has 0 aliphatic carbocycles. The van der Waals surface area contributed by atoms with E-state index in [1.165, 1.54) is 0 Å². The molecule has 0 aliphatic rings. The first kappa shape index (κ1) is 13.5. The first-order valence-electron chi connectivity index (χ1n) is 5.75. The minimum absolute atomic E-state index is 0.679. The van der Waals surface area contributed by atoms with Crippen LogP contribution in [0.15, 0.2) is 53.5 Å². The van der Waals surface area contributed by atoms with Gasteiger partial charge < -0.3 is 15.8 Å². The van der Waals surface area contributed by atoms with Crippen LogP contribution in [-0.4, -0.2) is 7.11 Å². The fraction of sp³-hybridized carbons (Fsp3) is 0.0667. The molecule has 0 aromatic heterocycles. The van der Waals surface area contributed by atoms with Crippen LogP contribution in [-0.2, 0) is 0 Å². The van der Waals surface area contributed by atoms with Crippen molar-refractivity contribution in [2.24, 2.45) is 0 Å². The molecule has 0 saturated carbocycles. The predicted molar refractivity (Wildman–Crippen MR) is 84.2 cm³/mol. The summed E-state index contributed by atoms with van der Waals surface area (Å²) in [6.07, 6.45) is 0. The number of halogens is 1. The Morgan fingerprint density at radius 2 is 1.89 bits per heavy atom. The Bertz CT molecular complexity index is 594. The van der Waals surface area contributed by atoms with Gasteiger partial charge in [0.25, 0.3) is 0 Å². The highest BCUT2D eigenvalue weighted by atomic mass is 79.9. The maximum Gasteiger partial charge on any atom is 0.118 e. The smallest absolute Gasteiger partial charge is 0.118 e. The third kappa shape index (κ3) is 3.29. The topological polar surface area (TPSA) is 47.3 Å². The molecule has 0 aliphatic heterocycles.